The van der Waals surface area contributed by atoms with Gasteiger partial charge in [0, 0.05) is 22.9 Å². The SMILES string of the molecule is CNCC(=O)N[C@@H]1CC(C)(C)Cc2nc(C(C)(C)C)ncc21. The summed E-state index contributed by atoms with van der Waals surface area (Å²) in [6.07, 6.45) is 3.74. The molecule has 1 aliphatic rings. The van der Waals surface area contributed by atoms with E-state index in [1.54, 1.807) is 7.05 Å². The lowest BCUT2D eigenvalue weighted by Gasteiger charge is -2.37. The molecular weight excluding hydrogens is 276 g/mol. The second-order valence-corrected chi connectivity index (χ2v) is 8.04. The van der Waals surface area contributed by atoms with E-state index in [-0.39, 0.29) is 22.8 Å². The van der Waals surface area contributed by atoms with Gasteiger partial charge in [-0.3, -0.25) is 4.79 Å². The first-order chi connectivity index (χ1) is 10.1. The number of nitrogens with one attached hydrogen (secondary N) is 2. The molecule has 1 amide bonds. The summed E-state index contributed by atoms with van der Waals surface area (Å²) >= 11 is 0. The van der Waals surface area contributed by atoms with Crippen molar-refractivity contribution in [2.75, 3.05) is 13.6 Å². The first-order valence-electron chi connectivity index (χ1n) is 7.93. The maximum absolute atomic E-state index is 11.9. The van der Waals surface area contributed by atoms with Gasteiger partial charge in [0.15, 0.2) is 0 Å². The molecule has 0 unspecified atom stereocenters. The molecular formula is C17H28N4O. The number of hydrogen-bond donors (Lipinski definition) is 2. The summed E-state index contributed by atoms with van der Waals surface area (Å²) in [4.78, 5) is 21.3. The van der Waals surface area contributed by atoms with Gasteiger partial charge in [0.2, 0.25) is 5.91 Å². The van der Waals surface area contributed by atoms with Gasteiger partial charge in [0.25, 0.3) is 0 Å². The highest BCUT2D eigenvalue weighted by atomic mass is 16.1. The fourth-order valence-electron chi connectivity index (χ4n) is 2.94. The van der Waals surface area contributed by atoms with E-state index in [0.29, 0.717) is 6.54 Å². The maximum atomic E-state index is 11.9. The van der Waals surface area contributed by atoms with Crippen LogP contribution in [0.2, 0.25) is 0 Å². The van der Waals surface area contributed by atoms with Crippen LogP contribution < -0.4 is 10.6 Å². The summed E-state index contributed by atoms with van der Waals surface area (Å²) in [5, 5.41) is 6.00. The summed E-state index contributed by atoms with van der Waals surface area (Å²) < 4.78 is 0. The molecule has 2 N–H and O–H groups in total. The fraction of sp³-hybridized carbons (Fsp3) is 0.706. The molecule has 1 aromatic heterocycles. The zero-order chi connectivity index (χ0) is 16.5. The van der Waals surface area contributed by atoms with Crippen molar-refractivity contribution in [3.05, 3.63) is 23.3 Å². The van der Waals surface area contributed by atoms with Crippen LogP contribution in [0.25, 0.3) is 0 Å². The largest absolute Gasteiger partial charge is 0.348 e. The molecule has 122 valence electrons. The summed E-state index contributed by atoms with van der Waals surface area (Å²) in [5.74, 6) is 0.875. The Kier molecular flexibility index (Phi) is 4.57. The minimum atomic E-state index is -0.0680. The molecule has 0 spiro atoms. The number of carbonyl (C=O) groups excluding carboxylic acids is 1. The summed E-state index contributed by atoms with van der Waals surface area (Å²) in [5.41, 5.74) is 2.19. The summed E-state index contributed by atoms with van der Waals surface area (Å²) in [6, 6.07) is -0.00591. The van der Waals surface area contributed by atoms with E-state index in [2.05, 4.69) is 50.2 Å². The van der Waals surface area contributed by atoms with Gasteiger partial charge in [-0.15, -0.1) is 0 Å². The van der Waals surface area contributed by atoms with Crippen molar-refractivity contribution in [1.29, 1.82) is 0 Å². The summed E-state index contributed by atoms with van der Waals surface area (Å²) in [6.45, 7) is 11.1. The van der Waals surface area contributed by atoms with E-state index in [9.17, 15) is 4.79 Å². The minimum Gasteiger partial charge on any atom is -0.348 e. The van der Waals surface area contributed by atoms with Crippen LogP contribution in [0.15, 0.2) is 6.20 Å². The lowest BCUT2D eigenvalue weighted by molar-refractivity contribution is -0.121. The molecule has 5 heteroatoms. The van der Waals surface area contributed by atoms with Crippen LogP contribution in [0.5, 0.6) is 0 Å². The van der Waals surface area contributed by atoms with Gasteiger partial charge in [0.05, 0.1) is 12.6 Å². The average Bonchev–Trinajstić information content (AvgIpc) is 2.35. The molecule has 0 saturated carbocycles. The van der Waals surface area contributed by atoms with Gasteiger partial charge in [-0.05, 0) is 25.3 Å². The van der Waals surface area contributed by atoms with Crippen molar-refractivity contribution in [2.24, 2.45) is 5.41 Å². The van der Waals surface area contributed by atoms with E-state index in [4.69, 9.17) is 4.98 Å². The zero-order valence-corrected chi connectivity index (χ0v) is 14.6. The topological polar surface area (TPSA) is 66.9 Å². The second-order valence-electron chi connectivity index (χ2n) is 8.04. The van der Waals surface area contributed by atoms with E-state index < -0.39 is 0 Å². The lowest BCUT2D eigenvalue weighted by atomic mass is 9.74. The third-order valence-corrected chi connectivity index (χ3v) is 4.02. The highest BCUT2D eigenvalue weighted by Crippen LogP contribution is 2.40. The Hall–Kier alpha value is -1.49. The minimum absolute atomic E-state index is 0.00591. The molecule has 22 heavy (non-hydrogen) atoms. The van der Waals surface area contributed by atoms with Gasteiger partial charge in [-0.2, -0.15) is 0 Å². The predicted octanol–water partition coefficient (Wildman–Crippen LogP) is 2.12. The highest BCUT2D eigenvalue weighted by Gasteiger charge is 2.35. The van der Waals surface area contributed by atoms with Gasteiger partial charge in [0.1, 0.15) is 5.82 Å². The molecule has 1 atom stereocenters. The van der Waals surface area contributed by atoms with Crippen LogP contribution in [0.3, 0.4) is 0 Å². The quantitative estimate of drug-likeness (QED) is 0.897. The van der Waals surface area contributed by atoms with E-state index in [1.165, 1.54) is 0 Å². The Morgan fingerprint density at radius 1 is 1.41 bits per heavy atom. The number of nitrogens with zero attached hydrogens (tertiary/aromatic N) is 2. The Morgan fingerprint density at radius 3 is 2.68 bits per heavy atom. The number of carbonyl (C=O) groups is 1. The number of likely N-dealkylation sites (N-methyl/N-ethyl adjacent to an activating group) is 1. The smallest absolute Gasteiger partial charge is 0.234 e. The van der Waals surface area contributed by atoms with Crippen molar-refractivity contribution >= 4 is 5.91 Å². The third-order valence-electron chi connectivity index (χ3n) is 4.02. The van der Waals surface area contributed by atoms with E-state index >= 15 is 0 Å². The number of aromatic nitrogens is 2. The molecule has 0 radical (unpaired) electrons. The van der Waals surface area contributed by atoms with Crippen LogP contribution in [-0.4, -0.2) is 29.5 Å². The van der Waals surface area contributed by atoms with Crippen LogP contribution in [-0.2, 0) is 16.6 Å². The molecule has 0 aromatic carbocycles. The van der Waals surface area contributed by atoms with Crippen LogP contribution in [0, 0.1) is 5.41 Å². The van der Waals surface area contributed by atoms with Crippen molar-refractivity contribution in [1.82, 2.24) is 20.6 Å². The van der Waals surface area contributed by atoms with Gasteiger partial charge in [-0.1, -0.05) is 34.6 Å². The van der Waals surface area contributed by atoms with Crippen LogP contribution in [0.1, 0.15) is 64.2 Å². The highest BCUT2D eigenvalue weighted by molar-refractivity contribution is 5.78. The second kappa shape index (κ2) is 5.95. The molecule has 0 fully saturated rings. The molecule has 1 heterocycles. The molecule has 5 nitrogen and oxygen atoms in total. The Morgan fingerprint density at radius 2 is 2.09 bits per heavy atom. The first-order valence-corrected chi connectivity index (χ1v) is 7.93. The number of fused-ring (bicyclic) bond motifs is 1. The third kappa shape index (κ3) is 3.83. The number of rotatable bonds is 3. The molecule has 0 bridgehead atoms. The van der Waals surface area contributed by atoms with Gasteiger partial charge >= 0.3 is 0 Å². The monoisotopic (exact) mass is 304 g/mol. The predicted molar refractivity (Wildman–Crippen MR) is 87.6 cm³/mol. The lowest BCUT2D eigenvalue weighted by Crippen LogP contribution is -2.40. The van der Waals surface area contributed by atoms with Crippen molar-refractivity contribution < 1.29 is 4.79 Å². The van der Waals surface area contributed by atoms with E-state index in [0.717, 1.165) is 29.9 Å². The first kappa shape index (κ1) is 16.9. The maximum Gasteiger partial charge on any atom is 0.234 e. The van der Waals surface area contributed by atoms with Crippen molar-refractivity contribution in [3.63, 3.8) is 0 Å². The number of hydrogen-bond acceptors (Lipinski definition) is 4. The van der Waals surface area contributed by atoms with Gasteiger partial charge in [-0.25, -0.2) is 9.97 Å². The Balaban J connectivity index is 2.34. The van der Waals surface area contributed by atoms with Crippen molar-refractivity contribution in [3.8, 4) is 0 Å². The molecule has 1 aromatic rings. The molecule has 1 aliphatic carbocycles. The summed E-state index contributed by atoms with van der Waals surface area (Å²) in [7, 11) is 1.77. The zero-order valence-electron chi connectivity index (χ0n) is 14.6. The molecule has 2 rings (SSSR count). The van der Waals surface area contributed by atoms with Crippen LogP contribution >= 0.6 is 0 Å². The van der Waals surface area contributed by atoms with Gasteiger partial charge < -0.3 is 10.6 Å². The molecule has 0 saturated heterocycles. The standard InChI is InChI=1S/C17H28N4O/c1-16(2,3)15-19-9-11-12(20-14(22)10-18-6)7-17(4,5)8-13(11)21-15/h9,12,18H,7-8,10H2,1-6H3,(H,20,22)/t12-/m1/s1. The Labute approximate surface area is 133 Å². The fourth-order valence-corrected chi connectivity index (χ4v) is 2.94. The van der Waals surface area contributed by atoms with E-state index in [1.807, 2.05) is 6.20 Å². The molecule has 0 aliphatic heterocycles. The Bertz CT molecular complexity index is 560. The average molecular weight is 304 g/mol. The number of amides is 1. The normalized spacial score (nSPS) is 20.4. The van der Waals surface area contributed by atoms with Crippen LogP contribution in [0.4, 0.5) is 0 Å². The van der Waals surface area contributed by atoms with Crippen molar-refractivity contribution in [2.45, 2.75) is 58.9 Å².